The molecule has 12 heteroatoms. The predicted octanol–water partition coefficient (Wildman–Crippen LogP) is 2.65. The lowest BCUT2D eigenvalue weighted by Crippen LogP contribution is -2.32. The Bertz CT molecular complexity index is 1010. The number of nitrogens with zero attached hydrogens (tertiary/aromatic N) is 2. The van der Waals surface area contributed by atoms with Crippen molar-refractivity contribution in [3.63, 3.8) is 0 Å². The number of carbonyl (C=O) groups is 2. The first-order valence-electron chi connectivity index (χ1n) is 9.33. The molecule has 1 saturated heterocycles. The molecule has 0 N–H and O–H groups in total. The number of ether oxygens (including phenoxy) is 4. The summed E-state index contributed by atoms with van der Waals surface area (Å²) in [6.45, 7) is -0.256. The minimum atomic E-state index is -0.816. The first-order valence-corrected chi connectivity index (χ1v) is 9.33. The molecule has 168 valence electrons. The molecule has 1 fully saturated rings. The molecule has 0 aliphatic carbocycles. The van der Waals surface area contributed by atoms with Crippen LogP contribution in [0.15, 0.2) is 48.5 Å². The van der Waals surface area contributed by atoms with E-state index in [9.17, 15) is 29.8 Å². The van der Waals surface area contributed by atoms with E-state index < -0.39 is 40.3 Å². The van der Waals surface area contributed by atoms with Crippen LogP contribution in [0.25, 0.3) is 0 Å². The highest BCUT2D eigenvalue weighted by atomic mass is 16.7. The zero-order chi connectivity index (χ0) is 23.3. The van der Waals surface area contributed by atoms with Gasteiger partial charge in [0.1, 0.15) is 18.8 Å². The molecule has 1 aliphatic heterocycles. The van der Waals surface area contributed by atoms with Crippen molar-refractivity contribution in [3.8, 4) is 0 Å². The van der Waals surface area contributed by atoms with Crippen LogP contribution in [-0.2, 0) is 18.9 Å². The monoisotopic (exact) mass is 446 g/mol. The summed E-state index contributed by atoms with van der Waals surface area (Å²) in [5.74, 6) is -1.46. The van der Waals surface area contributed by atoms with Crippen LogP contribution in [0.4, 0.5) is 11.4 Å². The number of non-ortho nitro benzene ring substituents is 2. The van der Waals surface area contributed by atoms with Crippen molar-refractivity contribution < 1.29 is 38.4 Å². The Morgan fingerprint density at radius 2 is 1.44 bits per heavy atom. The van der Waals surface area contributed by atoms with Crippen LogP contribution in [0.3, 0.4) is 0 Å². The molecule has 3 atom stereocenters. The molecule has 0 spiro atoms. The number of nitro benzene ring substituents is 2. The molecule has 3 rings (SSSR count). The molecule has 2 aromatic carbocycles. The average Bonchev–Trinajstić information content (AvgIpc) is 3.19. The molecule has 0 bridgehead atoms. The Morgan fingerprint density at radius 3 is 1.91 bits per heavy atom. The minimum Gasteiger partial charge on any atom is -0.459 e. The Balaban J connectivity index is 1.61. The first kappa shape index (κ1) is 22.8. The van der Waals surface area contributed by atoms with E-state index in [1.54, 1.807) is 0 Å². The van der Waals surface area contributed by atoms with Gasteiger partial charge in [0.15, 0.2) is 6.29 Å². The minimum absolute atomic E-state index is 0.108. The van der Waals surface area contributed by atoms with Gasteiger partial charge in [0.25, 0.3) is 11.4 Å². The maximum atomic E-state index is 12.4. The summed E-state index contributed by atoms with van der Waals surface area (Å²) in [5.41, 5.74) is -0.113. The maximum absolute atomic E-state index is 12.4. The van der Waals surface area contributed by atoms with Crippen molar-refractivity contribution in [2.24, 2.45) is 0 Å². The molecular weight excluding hydrogens is 428 g/mol. The van der Waals surface area contributed by atoms with E-state index in [1.165, 1.54) is 55.6 Å². The van der Waals surface area contributed by atoms with Crippen LogP contribution in [0.2, 0.25) is 0 Å². The highest BCUT2D eigenvalue weighted by Crippen LogP contribution is 2.26. The van der Waals surface area contributed by atoms with Crippen molar-refractivity contribution in [1.29, 1.82) is 0 Å². The van der Waals surface area contributed by atoms with Crippen LogP contribution in [0.1, 0.15) is 27.1 Å². The van der Waals surface area contributed by atoms with Gasteiger partial charge in [0.2, 0.25) is 0 Å². The van der Waals surface area contributed by atoms with E-state index >= 15 is 0 Å². The fourth-order valence-corrected chi connectivity index (χ4v) is 2.99. The fraction of sp³-hybridized carbons (Fsp3) is 0.300. The third-order valence-corrected chi connectivity index (χ3v) is 4.69. The van der Waals surface area contributed by atoms with Crippen LogP contribution in [0, 0.1) is 20.2 Å². The Hall–Kier alpha value is -3.90. The van der Waals surface area contributed by atoms with Gasteiger partial charge in [-0.25, -0.2) is 9.59 Å². The number of carbonyl (C=O) groups excluding carboxylic acids is 2. The molecule has 1 aliphatic rings. The molecule has 32 heavy (non-hydrogen) atoms. The van der Waals surface area contributed by atoms with Gasteiger partial charge in [-0.15, -0.1) is 0 Å². The summed E-state index contributed by atoms with van der Waals surface area (Å²) >= 11 is 0. The molecule has 2 aromatic rings. The van der Waals surface area contributed by atoms with Crippen LogP contribution in [-0.4, -0.2) is 54.0 Å². The molecule has 12 nitrogen and oxygen atoms in total. The number of methoxy groups -OCH3 is 1. The molecule has 0 amide bonds. The molecule has 0 radical (unpaired) electrons. The Kier molecular flexibility index (Phi) is 7.07. The topological polar surface area (TPSA) is 157 Å². The van der Waals surface area contributed by atoms with Gasteiger partial charge in [-0.3, -0.25) is 20.2 Å². The maximum Gasteiger partial charge on any atom is 0.338 e. The fourth-order valence-electron chi connectivity index (χ4n) is 2.99. The Morgan fingerprint density at radius 1 is 0.938 bits per heavy atom. The van der Waals surface area contributed by atoms with Gasteiger partial charge in [-0.2, -0.15) is 0 Å². The lowest BCUT2D eigenvalue weighted by atomic mass is 10.1. The summed E-state index contributed by atoms with van der Waals surface area (Å²) < 4.78 is 21.4. The Labute approximate surface area is 180 Å². The first-order chi connectivity index (χ1) is 15.3. The predicted molar refractivity (Wildman–Crippen MR) is 106 cm³/mol. The summed E-state index contributed by atoms with van der Waals surface area (Å²) in [6, 6.07) is 9.80. The van der Waals surface area contributed by atoms with Gasteiger partial charge in [0.05, 0.1) is 21.0 Å². The van der Waals surface area contributed by atoms with Crippen LogP contribution >= 0.6 is 0 Å². The zero-order valence-electron chi connectivity index (χ0n) is 16.7. The number of rotatable bonds is 8. The van der Waals surface area contributed by atoms with Crippen LogP contribution < -0.4 is 0 Å². The highest BCUT2D eigenvalue weighted by Gasteiger charge is 2.39. The van der Waals surface area contributed by atoms with Crippen molar-refractivity contribution in [1.82, 2.24) is 0 Å². The van der Waals surface area contributed by atoms with Gasteiger partial charge >= 0.3 is 11.9 Å². The quantitative estimate of drug-likeness (QED) is 0.335. The molecular formula is C20H18N2O10. The number of hydrogen-bond acceptors (Lipinski definition) is 10. The second-order valence-corrected chi connectivity index (χ2v) is 6.73. The van der Waals surface area contributed by atoms with Gasteiger partial charge in [-0.1, -0.05) is 0 Å². The molecule has 0 unspecified atom stereocenters. The smallest absolute Gasteiger partial charge is 0.338 e. The second-order valence-electron chi connectivity index (χ2n) is 6.73. The van der Waals surface area contributed by atoms with E-state index in [4.69, 9.17) is 18.9 Å². The van der Waals surface area contributed by atoms with E-state index in [0.29, 0.717) is 0 Å². The molecule has 0 saturated carbocycles. The van der Waals surface area contributed by atoms with Crippen molar-refractivity contribution >= 4 is 23.3 Å². The van der Waals surface area contributed by atoms with Gasteiger partial charge in [0, 0.05) is 37.8 Å². The summed E-state index contributed by atoms with van der Waals surface area (Å²) in [7, 11) is 1.41. The largest absolute Gasteiger partial charge is 0.459 e. The number of esters is 2. The van der Waals surface area contributed by atoms with Crippen molar-refractivity contribution in [3.05, 3.63) is 79.9 Å². The number of benzene rings is 2. The van der Waals surface area contributed by atoms with E-state index in [0.717, 1.165) is 0 Å². The SMILES string of the molecule is CO[C@H]1C[C@@H](OC(=O)c2ccc([N+](=O)[O-])cc2)[C@H](COC(=O)c2ccc([N+](=O)[O-])cc2)O1. The summed E-state index contributed by atoms with van der Waals surface area (Å²) in [4.78, 5) is 44.9. The van der Waals surface area contributed by atoms with Crippen molar-refractivity contribution in [2.75, 3.05) is 13.7 Å². The average molecular weight is 446 g/mol. The third-order valence-electron chi connectivity index (χ3n) is 4.69. The van der Waals surface area contributed by atoms with Gasteiger partial charge in [-0.05, 0) is 24.3 Å². The second kappa shape index (κ2) is 9.94. The van der Waals surface area contributed by atoms with E-state index in [1.807, 2.05) is 0 Å². The lowest BCUT2D eigenvalue weighted by molar-refractivity contribution is -0.385. The standard InChI is InChI=1S/C20H18N2O10/c1-29-18-10-16(32-20(24)13-4-8-15(9-5-13)22(27)28)17(31-18)11-30-19(23)12-2-6-14(7-3-12)21(25)26/h2-9,16-18H,10-11H2,1H3/t16-,17+,18-/m1/s1. The van der Waals surface area contributed by atoms with E-state index in [2.05, 4.69) is 0 Å². The highest BCUT2D eigenvalue weighted by molar-refractivity contribution is 5.90. The summed E-state index contributed by atoms with van der Waals surface area (Å²) in [5, 5.41) is 21.4. The van der Waals surface area contributed by atoms with Crippen LogP contribution in [0.5, 0.6) is 0 Å². The van der Waals surface area contributed by atoms with E-state index in [-0.39, 0.29) is 35.5 Å². The third kappa shape index (κ3) is 5.42. The van der Waals surface area contributed by atoms with Gasteiger partial charge < -0.3 is 18.9 Å². The summed E-state index contributed by atoms with van der Waals surface area (Å²) in [6.07, 6.45) is -2.11. The van der Waals surface area contributed by atoms with Crippen molar-refractivity contribution in [2.45, 2.75) is 24.9 Å². The zero-order valence-corrected chi connectivity index (χ0v) is 16.7. The lowest BCUT2D eigenvalue weighted by Gasteiger charge is -2.18. The number of nitro groups is 2. The molecule has 0 aromatic heterocycles. The normalized spacial score (nSPS) is 19.8. The number of hydrogen-bond donors (Lipinski definition) is 0. The molecule has 1 heterocycles.